The number of Topliss-reactive ketones (excluding diaryl/α,β-unsaturated/α-hetero) is 1. The van der Waals surface area contributed by atoms with Crippen LogP contribution in [-0.4, -0.2) is 39.9 Å². The molecule has 2 heterocycles. The number of aliphatic carboxylic acids is 1. The van der Waals surface area contributed by atoms with Crippen LogP contribution in [0.4, 0.5) is 13.2 Å². The van der Waals surface area contributed by atoms with Crippen LogP contribution in [0.1, 0.15) is 49.6 Å². The Kier molecular flexibility index (Phi) is 10.6. The van der Waals surface area contributed by atoms with Crippen LogP contribution < -0.4 is 5.73 Å². The van der Waals surface area contributed by atoms with Crippen LogP contribution in [0.25, 0.3) is 0 Å². The van der Waals surface area contributed by atoms with E-state index in [1.54, 1.807) is 17.4 Å². The number of nitrogens with zero attached hydrogens (tertiary/aromatic N) is 1. The van der Waals surface area contributed by atoms with Gasteiger partial charge in [-0.05, 0) is 46.4 Å². The molecule has 0 saturated carbocycles. The first-order valence-corrected chi connectivity index (χ1v) is 12.7. The predicted octanol–water partition coefficient (Wildman–Crippen LogP) is 5.36. The van der Waals surface area contributed by atoms with Crippen LogP contribution in [0.15, 0.2) is 53.9 Å². The maximum Gasteiger partial charge on any atom is 0.490 e. The summed E-state index contributed by atoms with van der Waals surface area (Å²) in [4.78, 5) is 37.4. The summed E-state index contributed by atoms with van der Waals surface area (Å²) in [6, 6.07) is 11.6. The molecule has 1 aromatic heterocycles. The van der Waals surface area contributed by atoms with Crippen LogP contribution in [0.3, 0.4) is 0 Å². The molecule has 0 radical (unpaired) electrons. The van der Waals surface area contributed by atoms with E-state index in [4.69, 9.17) is 15.6 Å². The predicted molar refractivity (Wildman–Crippen MR) is 137 cm³/mol. The van der Waals surface area contributed by atoms with E-state index < -0.39 is 18.2 Å². The van der Waals surface area contributed by atoms with Crippen molar-refractivity contribution >= 4 is 29.0 Å². The maximum absolute atomic E-state index is 12.8. The second-order valence-corrected chi connectivity index (χ2v) is 11.2. The number of rotatable bonds is 8. The third kappa shape index (κ3) is 10.5. The standard InChI is InChI=1S/C25H32N2O2S.C2HF3O2/c1-25(2,3)15-18(13-23(28)22(26)14-21-9-6-12-30-21)10-11-24(29)27-16-19-7-4-5-8-20(19)17-27;3-2(4,5)1(6)7/h4-12,18,22H,13-17,26H2,1-3H3;(H,6,7)/b11-10+;/t18-,22-;/m0./s1. The van der Waals surface area contributed by atoms with E-state index in [1.165, 1.54) is 11.1 Å². The van der Waals surface area contributed by atoms with Gasteiger partial charge in [-0.3, -0.25) is 9.59 Å². The summed E-state index contributed by atoms with van der Waals surface area (Å²) in [6.45, 7) is 7.76. The van der Waals surface area contributed by atoms with Gasteiger partial charge in [0.2, 0.25) is 5.91 Å². The number of hydrogen-bond donors (Lipinski definition) is 2. The van der Waals surface area contributed by atoms with Crippen molar-refractivity contribution in [2.75, 3.05) is 0 Å². The second-order valence-electron chi connectivity index (χ2n) is 10.2. The molecule has 0 aliphatic carbocycles. The number of carboxylic acids is 1. The van der Waals surface area contributed by atoms with Crippen LogP contribution in [0.2, 0.25) is 0 Å². The Morgan fingerprint density at radius 1 is 1.08 bits per heavy atom. The van der Waals surface area contributed by atoms with Crippen molar-refractivity contribution in [2.24, 2.45) is 17.1 Å². The molecule has 0 spiro atoms. The Labute approximate surface area is 219 Å². The molecule has 37 heavy (non-hydrogen) atoms. The molecule has 0 fully saturated rings. The number of halogens is 3. The fraction of sp³-hybridized carbons (Fsp3) is 0.444. The van der Waals surface area contributed by atoms with Gasteiger partial charge in [-0.15, -0.1) is 11.3 Å². The van der Waals surface area contributed by atoms with E-state index >= 15 is 0 Å². The number of nitrogens with two attached hydrogens (primary N) is 1. The molecular weight excluding hydrogens is 505 g/mol. The number of hydrogen-bond acceptors (Lipinski definition) is 5. The molecule has 6 nitrogen and oxygen atoms in total. The lowest BCUT2D eigenvalue weighted by atomic mass is 9.81. The van der Waals surface area contributed by atoms with Gasteiger partial charge in [0.05, 0.1) is 6.04 Å². The fourth-order valence-corrected chi connectivity index (χ4v) is 4.74. The minimum absolute atomic E-state index is 0.000409. The highest BCUT2D eigenvalue weighted by Gasteiger charge is 2.38. The number of amides is 1. The maximum atomic E-state index is 12.8. The summed E-state index contributed by atoms with van der Waals surface area (Å²) in [7, 11) is 0. The summed E-state index contributed by atoms with van der Waals surface area (Å²) in [5.74, 6) is -2.70. The zero-order valence-electron chi connectivity index (χ0n) is 21.1. The van der Waals surface area contributed by atoms with E-state index in [0.717, 1.165) is 11.3 Å². The van der Waals surface area contributed by atoms with Crippen LogP contribution in [0.5, 0.6) is 0 Å². The molecular formula is C27H33F3N2O4S. The normalized spacial score (nSPS) is 15.1. The summed E-state index contributed by atoms with van der Waals surface area (Å²) in [5.41, 5.74) is 8.66. The molecule has 0 bridgehead atoms. The number of allylic oxidation sites excluding steroid dienone is 1. The highest BCUT2D eigenvalue weighted by Crippen LogP contribution is 2.29. The van der Waals surface area contributed by atoms with Gasteiger partial charge in [0.25, 0.3) is 0 Å². The zero-order valence-corrected chi connectivity index (χ0v) is 21.9. The lowest BCUT2D eigenvalue weighted by molar-refractivity contribution is -0.192. The SMILES string of the molecule is CC(C)(C)C[C@@H](/C=C/C(=O)N1Cc2ccccc2C1)CC(=O)[C@@H](N)Cc1cccs1.O=C(O)C(F)(F)F. The van der Waals surface area contributed by atoms with E-state index in [1.807, 2.05) is 40.6 Å². The number of carbonyl (C=O) groups excluding carboxylic acids is 2. The second kappa shape index (κ2) is 13.0. The molecule has 2 atom stereocenters. The molecule has 2 aromatic rings. The average Bonchev–Trinajstić information content (AvgIpc) is 3.45. The quantitative estimate of drug-likeness (QED) is 0.441. The molecule has 1 aromatic carbocycles. The van der Waals surface area contributed by atoms with Crippen molar-refractivity contribution < 1.29 is 32.7 Å². The first-order valence-electron chi connectivity index (χ1n) is 11.8. The zero-order chi connectivity index (χ0) is 27.8. The highest BCUT2D eigenvalue weighted by atomic mass is 32.1. The van der Waals surface area contributed by atoms with Crippen molar-refractivity contribution in [1.29, 1.82) is 0 Å². The Morgan fingerprint density at radius 2 is 1.65 bits per heavy atom. The van der Waals surface area contributed by atoms with Crippen molar-refractivity contribution in [2.45, 2.75) is 65.3 Å². The number of ketones is 1. The van der Waals surface area contributed by atoms with Gasteiger partial charge in [-0.1, -0.05) is 57.2 Å². The van der Waals surface area contributed by atoms with Crippen LogP contribution in [0, 0.1) is 11.3 Å². The molecule has 3 N–H and O–H groups in total. The summed E-state index contributed by atoms with van der Waals surface area (Å²) < 4.78 is 31.7. The summed E-state index contributed by atoms with van der Waals surface area (Å²) in [6.07, 6.45) is 0.266. The summed E-state index contributed by atoms with van der Waals surface area (Å²) >= 11 is 1.62. The molecule has 1 amide bonds. The lowest BCUT2D eigenvalue weighted by Gasteiger charge is -2.24. The van der Waals surface area contributed by atoms with Gasteiger partial charge < -0.3 is 15.7 Å². The number of thiophene rings is 1. The first-order chi connectivity index (χ1) is 17.2. The highest BCUT2D eigenvalue weighted by molar-refractivity contribution is 7.09. The third-order valence-electron chi connectivity index (χ3n) is 5.66. The van der Waals surface area contributed by atoms with Gasteiger partial charge in [-0.2, -0.15) is 13.2 Å². The van der Waals surface area contributed by atoms with Crippen LogP contribution >= 0.6 is 11.3 Å². The van der Waals surface area contributed by atoms with Gasteiger partial charge in [-0.25, -0.2) is 4.79 Å². The molecule has 0 saturated heterocycles. The number of carboxylic acid groups (broad SMARTS) is 1. The number of fused-ring (bicyclic) bond motifs is 1. The monoisotopic (exact) mass is 538 g/mol. The van der Waals surface area contributed by atoms with E-state index in [2.05, 4.69) is 32.9 Å². The number of alkyl halides is 3. The number of benzene rings is 1. The topological polar surface area (TPSA) is 101 Å². The van der Waals surface area contributed by atoms with Gasteiger partial charge in [0.15, 0.2) is 0 Å². The van der Waals surface area contributed by atoms with E-state index in [0.29, 0.717) is 25.9 Å². The van der Waals surface area contributed by atoms with Gasteiger partial charge in [0, 0.05) is 30.8 Å². The Morgan fingerprint density at radius 3 is 2.11 bits per heavy atom. The third-order valence-corrected chi connectivity index (χ3v) is 6.56. The van der Waals surface area contributed by atoms with Crippen molar-refractivity contribution in [1.82, 2.24) is 4.90 Å². The Hall–Kier alpha value is -2.98. The molecule has 1 aliphatic rings. The first kappa shape index (κ1) is 30.2. The molecule has 3 rings (SSSR count). The number of carbonyl (C=O) groups is 3. The van der Waals surface area contributed by atoms with Crippen LogP contribution in [-0.2, 0) is 33.9 Å². The summed E-state index contributed by atoms with van der Waals surface area (Å²) in [5, 5.41) is 9.12. The van der Waals surface area contributed by atoms with E-state index in [-0.39, 0.29) is 23.0 Å². The molecule has 10 heteroatoms. The minimum atomic E-state index is -5.08. The fourth-order valence-electron chi connectivity index (χ4n) is 3.98. The van der Waals surface area contributed by atoms with E-state index in [9.17, 15) is 22.8 Å². The van der Waals surface area contributed by atoms with Gasteiger partial charge >= 0.3 is 12.1 Å². The Balaban J connectivity index is 0.000000604. The van der Waals surface area contributed by atoms with Crippen molar-refractivity contribution in [3.8, 4) is 0 Å². The van der Waals surface area contributed by atoms with Gasteiger partial charge in [0.1, 0.15) is 5.78 Å². The average molecular weight is 539 g/mol. The molecule has 1 aliphatic heterocycles. The Bertz CT molecular complexity index is 1070. The minimum Gasteiger partial charge on any atom is -0.475 e. The lowest BCUT2D eigenvalue weighted by Crippen LogP contribution is -2.34. The molecule has 202 valence electrons. The molecule has 0 unspecified atom stereocenters. The largest absolute Gasteiger partial charge is 0.490 e. The smallest absolute Gasteiger partial charge is 0.475 e. The van der Waals surface area contributed by atoms with Crippen molar-refractivity contribution in [3.05, 3.63) is 69.9 Å². The van der Waals surface area contributed by atoms with Crippen molar-refractivity contribution in [3.63, 3.8) is 0 Å².